The van der Waals surface area contributed by atoms with Crippen molar-refractivity contribution >= 4 is 0 Å². The van der Waals surface area contributed by atoms with Crippen molar-refractivity contribution < 1.29 is 9.84 Å². The summed E-state index contributed by atoms with van der Waals surface area (Å²) in [5, 5.41) is 9.47. The summed E-state index contributed by atoms with van der Waals surface area (Å²) in [6.07, 6.45) is 4.57. The molecular weight excluding hydrogens is 164 g/mol. The summed E-state index contributed by atoms with van der Waals surface area (Å²) in [6.45, 7) is 7.20. The van der Waals surface area contributed by atoms with Gasteiger partial charge in [-0.15, -0.1) is 0 Å². The second-order valence-corrected chi connectivity index (χ2v) is 4.64. The predicted molar refractivity (Wildman–Crippen MR) is 53.7 cm³/mol. The molecule has 0 amide bonds. The van der Waals surface area contributed by atoms with Gasteiger partial charge in [-0.25, -0.2) is 0 Å². The van der Waals surface area contributed by atoms with Gasteiger partial charge in [0.1, 0.15) is 0 Å². The van der Waals surface area contributed by atoms with E-state index in [1.54, 1.807) is 0 Å². The summed E-state index contributed by atoms with van der Waals surface area (Å²) in [5.74, 6) is 0. The Hall–Kier alpha value is -0.0800. The molecule has 0 radical (unpaired) electrons. The summed E-state index contributed by atoms with van der Waals surface area (Å²) in [7, 11) is 0. The molecule has 1 saturated carbocycles. The van der Waals surface area contributed by atoms with Gasteiger partial charge in [0, 0.05) is 18.4 Å². The number of unbranched alkanes of at least 4 members (excludes halogenated alkanes) is 2. The van der Waals surface area contributed by atoms with Crippen LogP contribution in [0.25, 0.3) is 0 Å². The van der Waals surface area contributed by atoms with Crippen LogP contribution in [0.2, 0.25) is 0 Å². The molecule has 0 aliphatic heterocycles. The largest absolute Gasteiger partial charge is 0.392 e. The van der Waals surface area contributed by atoms with E-state index in [9.17, 15) is 5.11 Å². The highest BCUT2D eigenvalue weighted by atomic mass is 16.5. The predicted octanol–water partition coefficient (Wildman–Crippen LogP) is 2.35. The standard InChI is InChI=1S/C11H22O2/c1-4-5-6-7-13-10-8-9(12)11(10,2)3/h9-10,12H,4-8H2,1-3H3. The summed E-state index contributed by atoms with van der Waals surface area (Å²) < 4.78 is 5.71. The van der Waals surface area contributed by atoms with E-state index >= 15 is 0 Å². The molecule has 0 aromatic carbocycles. The zero-order valence-corrected chi connectivity index (χ0v) is 9.05. The van der Waals surface area contributed by atoms with Gasteiger partial charge < -0.3 is 9.84 Å². The van der Waals surface area contributed by atoms with Crippen molar-refractivity contribution in [3.8, 4) is 0 Å². The van der Waals surface area contributed by atoms with Crippen molar-refractivity contribution in [2.24, 2.45) is 5.41 Å². The van der Waals surface area contributed by atoms with Crippen LogP contribution in [0.3, 0.4) is 0 Å². The lowest BCUT2D eigenvalue weighted by Gasteiger charge is -2.48. The van der Waals surface area contributed by atoms with E-state index in [0.29, 0.717) is 0 Å². The number of aliphatic hydroxyl groups is 1. The smallest absolute Gasteiger partial charge is 0.0675 e. The first-order valence-electron chi connectivity index (χ1n) is 5.38. The van der Waals surface area contributed by atoms with Gasteiger partial charge in [0.15, 0.2) is 0 Å². The van der Waals surface area contributed by atoms with Crippen LogP contribution >= 0.6 is 0 Å². The molecule has 0 spiro atoms. The molecular formula is C11H22O2. The lowest BCUT2D eigenvalue weighted by Crippen LogP contribution is -2.54. The third-order valence-electron chi connectivity index (χ3n) is 3.19. The number of ether oxygens (including phenoxy) is 1. The van der Waals surface area contributed by atoms with E-state index in [0.717, 1.165) is 19.4 Å². The van der Waals surface area contributed by atoms with Crippen molar-refractivity contribution in [2.75, 3.05) is 6.61 Å². The molecule has 2 nitrogen and oxygen atoms in total. The van der Waals surface area contributed by atoms with Gasteiger partial charge in [0.25, 0.3) is 0 Å². The van der Waals surface area contributed by atoms with Crippen LogP contribution in [0.4, 0.5) is 0 Å². The van der Waals surface area contributed by atoms with Gasteiger partial charge in [-0.05, 0) is 6.42 Å². The molecule has 78 valence electrons. The molecule has 2 atom stereocenters. The summed E-state index contributed by atoms with van der Waals surface area (Å²) in [5.41, 5.74) is -0.0216. The fourth-order valence-corrected chi connectivity index (χ4v) is 1.72. The van der Waals surface area contributed by atoms with Crippen LogP contribution in [-0.2, 0) is 4.74 Å². The molecule has 2 unspecified atom stereocenters. The Bertz CT molecular complexity index is 154. The van der Waals surface area contributed by atoms with Gasteiger partial charge in [-0.1, -0.05) is 33.6 Å². The monoisotopic (exact) mass is 186 g/mol. The molecule has 1 N–H and O–H groups in total. The maximum absolute atomic E-state index is 9.47. The van der Waals surface area contributed by atoms with Gasteiger partial charge in [0.05, 0.1) is 12.2 Å². The number of rotatable bonds is 5. The Morgan fingerprint density at radius 1 is 1.38 bits per heavy atom. The molecule has 0 saturated heterocycles. The molecule has 0 aromatic heterocycles. The summed E-state index contributed by atoms with van der Waals surface area (Å²) >= 11 is 0. The number of hydrogen-bond acceptors (Lipinski definition) is 2. The Morgan fingerprint density at radius 2 is 2.08 bits per heavy atom. The van der Waals surface area contributed by atoms with E-state index in [1.165, 1.54) is 12.8 Å². The highest BCUT2D eigenvalue weighted by Gasteiger charge is 2.47. The minimum absolute atomic E-state index is 0.0216. The van der Waals surface area contributed by atoms with Gasteiger partial charge >= 0.3 is 0 Å². The normalized spacial score (nSPS) is 31.4. The Labute approximate surface area is 81.3 Å². The molecule has 0 aromatic rings. The van der Waals surface area contributed by atoms with Crippen LogP contribution in [0, 0.1) is 5.41 Å². The van der Waals surface area contributed by atoms with Crippen molar-refractivity contribution in [1.29, 1.82) is 0 Å². The number of hydrogen-bond donors (Lipinski definition) is 1. The first-order valence-corrected chi connectivity index (χ1v) is 5.38. The van der Waals surface area contributed by atoms with Gasteiger partial charge in [0.2, 0.25) is 0 Å². The molecule has 1 aliphatic rings. The van der Waals surface area contributed by atoms with E-state index < -0.39 is 0 Å². The minimum atomic E-state index is -0.163. The summed E-state index contributed by atoms with van der Waals surface area (Å²) in [6, 6.07) is 0. The fraction of sp³-hybridized carbons (Fsp3) is 1.00. The lowest BCUT2D eigenvalue weighted by molar-refractivity contribution is -0.175. The second-order valence-electron chi connectivity index (χ2n) is 4.64. The van der Waals surface area contributed by atoms with Crippen LogP contribution in [0.5, 0.6) is 0 Å². The van der Waals surface area contributed by atoms with Gasteiger partial charge in [-0.3, -0.25) is 0 Å². The molecule has 1 fully saturated rings. The maximum Gasteiger partial charge on any atom is 0.0675 e. The Kier molecular flexibility index (Phi) is 3.74. The van der Waals surface area contributed by atoms with Crippen molar-refractivity contribution in [1.82, 2.24) is 0 Å². The topological polar surface area (TPSA) is 29.5 Å². The Morgan fingerprint density at radius 3 is 2.54 bits per heavy atom. The lowest BCUT2D eigenvalue weighted by atomic mass is 9.66. The van der Waals surface area contributed by atoms with Crippen molar-refractivity contribution in [3.05, 3.63) is 0 Å². The summed E-state index contributed by atoms with van der Waals surface area (Å²) in [4.78, 5) is 0. The van der Waals surface area contributed by atoms with E-state index in [1.807, 2.05) is 0 Å². The fourth-order valence-electron chi connectivity index (χ4n) is 1.72. The van der Waals surface area contributed by atoms with Crippen molar-refractivity contribution in [3.63, 3.8) is 0 Å². The highest BCUT2D eigenvalue weighted by molar-refractivity contribution is 4.98. The highest BCUT2D eigenvalue weighted by Crippen LogP contribution is 2.42. The zero-order valence-electron chi connectivity index (χ0n) is 9.05. The zero-order chi connectivity index (χ0) is 9.90. The molecule has 0 bridgehead atoms. The van der Waals surface area contributed by atoms with Crippen LogP contribution in [0.15, 0.2) is 0 Å². The SMILES string of the molecule is CCCCCOC1CC(O)C1(C)C. The van der Waals surface area contributed by atoms with Crippen molar-refractivity contribution in [2.45, 2.75) is 58.7 Å². The quantitative estimate of drug-likeness (QED) is 0.668. The molecule has 1 rings (SSSR count). The van der Waals surface area contributed by atoms with E-state index in [2.05, 4.69) is 20.8 Å². The average Bonchev–Trinajstić information content (AvgIpc) is 2.10. The molecule has 2 heteroatoms. The van der Waals surface area contributed by atoms with Gasteiger partial charge in [-0.2, -0.15) is 0 Å². The van der Waals surface area contributed by atoms with E-state index in [-0.39, 0.29) is 17.6 Å². The maximum atomic E-state index is 9.47. The first-order chi connectivity index (χ1) is 6.09. The molecule has 1 aliphatic carbocycles. The third kappa shape index (κ3) is 2.44. The molecule has 13 heavy (non-hydrogen) atoms. The van der Waals surface area contributed by atoms with E-state index in [4.69, 9.17) is 4.74 Å². The minimum Gasteiger partial charge on any atom is -0.392 e. The first kappa shape index (κ1) is 11.0. The molecule has 0 heterocycles. The van der Waals surface area contributed by atoms with Crippen LogP contribution in [0.1, 0.15) is 46.5 Å². The van der Waals surface area contributed by atoms with Crippen LogP contribution in [-0.4, -0.2) is 23.9 Å². The average molecular weight is 186 g/mol. The third-order valence-corrected chi connectivity index (χ3v) is 3.19. The Balaban J connectivity index is 2.10. The second kappa shape index (κ2) is 4.43. The van der Waals surface area contributed by atoms with Crippen LogP contribution < -0.4 is 0 Å². The number of aliphatic hydroxyl groups excluding tert-OH is 1.